The molecule has 0 spiro atoms. The predicted molar refractivity (Wildman–Crippen MR) is 67.6 cm³/mol. The first kappa shape index (κ1) is 12.1. The molecule has 2 rings (SSSR count). The summed E-state index contributed by atoms with van der Waals surface area (Å²) in [7, 11) is 0. The molecule has 0 unspecified atom stereocenters. The van der Waals surface area contributed by atoms with Crippen molar-refractivity contribution >= 4 is 11.8 Å². The molecule has 1 aromatic carbocycles. The number of thioether (sulfide) groups is 1. The van der Waals surface area contributed by atoms with E-state index in [0.29, 0.717) is 12.4 Å². The van der Waals surface area contributed by atoms with Crippen LogP contribution in [-0.4, -0.2) is 10.1 Å². The van der Waals surface area contributed by atoms with Crippen LogP contribution < -0.4 is 5.73 Å². The van der Waals surface area contributed by atoms with Crippen LogP contribution >= 0.6 is 11.8 Å². The third kappa shape index (κ3) is 3.31. The predicted octanol–water partition coefficient (Wildman–Crippen LogP) is 2.38. The molecule has 0 bridgehead atoms. The second kappa shape index (κ2) is 5.84. The third-order valence-corrected chi connectivity index (χ3v) is 3.35. The van der Waals surface area contributed by atoms with Crippen LogP contribution in [-0.2, 0) is 18.7 Å². The Morgan fingerprint density at radius 3 is 2.65 bits per heavy atom. The van der Waals surface area contributed by atoms with Gasteiger partial charge in [-0.25, -0.2) is 0 Å². The van der Waals surface area contributed by atoms with Crippen molar-refractivity contribution in [2.75, 3.05) is 0 Å². The SMILES string of the molecule is CCc1nc(CSc2ccc(CN)cc2)no1. The summed E-state index contributed by atoms with van der Waals surface area (Å²) in [6, 6.07) is 8.20. The minimum Gasteiger partial charge on any atom is -0.339 e. The van der Waals surface area contributed by atoms with Gasteiger partial charge in [0.05, 0.1) is 5.75 Å². The topological polar surface area (TPSA) is 64.9 Å². The Morgan fingerprint density at radius 1 is 1.29 bits per heavy atom. The molecular weight excluding hydrogens is 234 g/mol. The van der Waals surface area contributed by atoms with Gasteiger partial charge < -0.3 is 10.3 Å². The van der Waals surface area contributed by atoms with E-state index in [0.717, 1.165) is 23.6 Å². The minimum absolute atomic E-state index is 0.579. The zero-order valence-electron chi connectivity index (χ0n) is 9.72. The fourth-order valence-corrected chi connectivity index (χ4v) is 2.10. The van der Waals surface area contributed by atoms with Crippen molar-refractivity contribution < 1.29 is 4.52 Å². The zero-order chi connectivity index (χ0) is 12.1. The molecule has 2 aromatic rings. The lowest BCUT2D eigenvalue weighted by atomic mass is 10.2. The molecule has 17 heavy (non-hydrogen) atoms. The molecule has 4 nitrogen and oxygen atoms in total. The zero-order valence-corrected chi connectivity index (χ0v) is 10.5. The molecule has 0 amide bonds. The van der Waals surface area contributed by atoms with Crippen LogP contribution in [0.1, 0.15) is 24.2 Å². The summed E-state index contributed by atoms with van der Waals surface area (Å²) in [6.45, 7) is 2.58. The number of nitrogens with two attached hydrogens (primary N) is 1. The van der Waals surface area contributed by atoms with Crippen molar-refractivity contribution in [3.63, 3.8) is 0 Å². The summed E-state index contributed by atoms with van der Waals surface area (Å²) in [5, 5.41) is 3.91. The molecule has 2 N–H and O–H groups in total. The average molecular weight is 249 g/mol. The maximum absolute atomic E-state index is 5.54. The Kier molecular flexibility index (Phi) is 4.17. The fourth-order valence-electron chi connectivity index (χ4n) is 1.36. The van der Waals surface area contributed by atoms with E-state index in [1.54, 1.807) is 11.8 Å². The minimum atomic E-state index is 0.579. The summed E-state index contributed by atoms with van der Waals surface area (Å²) >= 11 is 1.69. The van der Waals surface area contributed by atoms with E-state index in [-0.39, 0.29) is 0 Å². The van der Waals surface area contributed by atoms with Crippen LogP contribution in [0, 0.1) is 0 Å². The molecule has 0 fully saturated rings. The van der Waals surface area contributed by atoms with Crippen LogP contribution in [0.15, 0.2) is 33.7 Å². The van der Waals surface area contributed by atoms with Crippen LogP contribution in [0.3, 0.4) is 0 Å². The van der Waals surface area contributed by atoms with E-state index in [9.17, 15) is 0 Å². The third-order valence-electron chi connectivity index (χ3n) is 2.34. The summed E-state index contributed by atoms with van der Waals surface area (Å²) in [5.41, 5.74) is 6.68. The smallest absolute Gasteiger partial charge is 0.226 e. The van der Waals surface area contributed by atoms with E-state index < -0.39 is 0 Å². The van der Waals surface area contributed by atoms with Crippen LogP contribution in [0.2, 0.25) is 0 Å². The first-order valence-electron chi connectivity index (χ1n) is 5.55. The van der Waals surface area contributed by atoms with Crippen molar-refractivity contribution in [2.45, 2.75) is 30.5 Å². The van der Waals surface area contributed by atoms with E-state index >= 15 is 0 Å². The van der Waals surface area contributed by atoms with Gasteiger partial charge in [-0.3, -0.25) is 0 Å². The lowest BCUT2D eigenvalue weighted by Gasteiger charge is -2.00. The van der Waals surface area contributed by atoms with Gasteiger partial charge in [-0.1, -0.05) is 24.2 Å². The van der Waals surface area contributed by atoms with E-state index in [1.807, 2.05) is 19.1 Å². The van der Waals surface area contributed by atoms with Gasteiger partial charge in [-0.2, -0.15) is 4.98 Å². The van der Waals surface area contributed by atoms with Gasteiger partial charge >= 0.3 is 0 Å². The molecule has 0 aliphatic carbocycles. The lowest BCUT2D eigenvalue weighted by Crippen LogP contribution is -1.95. The molecule has 90 valence electrons. The normalized spacial score (nSPS) is 10.7. The summed E-state index contributed by atoms with van der Waals surface area (Å²) in [6.07, 6.45) is 0.781. The monoisotopic (exact) mass is 249 g/mol. The molecule has 0 aliphatic heterocycles. The van der Waals surface area contributed by atoms with E-state index in [1.165, 1.54) is 4.90 Å². The maximum atomic E-state index is 5.54. The van der Waals surface area contributed by atoms with Crippen LogP contribution in [0.25, 0.3) is 0 Å². The van der Waals surface area contributed by atoms with Crippen LogP contribution in [0.5, 0.6) is 0 Å². The number of hydrogen-bond acceptors (Lipinski definition) is 5. The Hall–Kier alpha value is -1.33. The van der Waals surface area contributed by atoms with Crippen molar-refractivity contribution in [1.29, 1.82) is 0 Å². The molecule has 5 heteroatoms. The molecular formula is C12H15N3OS. The number of aryl methyl sites for hydroxylation is 1. The highest BCUT2D eigenvalue weighted by Crippen LogP contribution is 2.21. The molecule has 0 saturated carbocycles. The number of aromatic nitrogens is 2. The standard InChI is InChI=1S/C12H15N3OS/c1-2-12-14-11(15-16-12)8-17-10-5-3-9(7-13)4-6-10/h3-6H,2,7-8,13H2,1H3. The number of rotatable bonds is 5. The van der Waals surface area contributed by atoms with Crippen molar-refractivity contribution in [1.82, 2.24) is 10.1 Å². The highest BCUT2D eigenvalue weighted by atomic mass is 32.2. The van der Waals surface area contributed by atoms with E-state index in [4.69, 9.17) is 10.3 Å². The highest BCUT2D eigenvalue weighted by Gasteiger charge is 2.04. The lowest BCUT2D eigenvalue weighted by molar-refractivity contribution is 0.378. The van der Waals surface area contributed by atoms with Crippen molar-refractivity contribution in [3.8, 4) is 0 Å². The second-order valence-corrected chi connectivity index (χ2v) is 4.64. The first-order chi connectivity index (χ1) is 8.31. The summed E-state index contributed by atoms with van der Waals surface area (Å²) < 4.78 is 5.05. The number of benzene rings is 1. The van der Waals surface area contributed by atoms with Crippen molar-refractivity contribution in [3.05, 3.63) is 41.5 Å². The van der Waals surface area contributed by atoms with E-state index in [2.05, 4.69) is 22.3 Å². The number of nitrogens with zero attached hydrogens (tertiary/aromatic N) is 2. The average Bonchev–Trinajstić information content (AvgIpc) is 2.85. The van der Waals surface area contributed by atoms with Gasteiger partial charge in [0.25, 0.3) is 0 Å². The quantitative estimate of drug-likeness (QED) is 0.824. The fraction of sp³-hybridized carbons (Fsp3) is 0.333. The molecule has 0 saturated heterocycles. The van der Waals surface area contributed by atoms with Gasteiger partial charge in [0.1, 0.15) is 0 Å². The highest BCUT2D eigenvalue weighted by molar-refractivity contribution is 7.98. The Bertz CT molecular complexity index is 467. The molecule has 0 aliphatic rings. The molecule has 0 atom stereocenters. The molecule has 1 heterocycles. The Balaban J connectivity index is 1.92. The van der Waals surface area contributed by atoms with Gasteiger partial charge in [0.2, 0.25) is 5.89 Å². The summed E-state index contributed by atoms with van der Waals surface area (Å²) in [5.74, 6) is 2.17. The first-order valence-corrected chi connectivity index (χ1v) is 6.53. The molecule has 0 radical (unpaired) electrons. The van der Waals surface area contributed by atoms with Crippen molar-refractivity contribution in [2.24, 2.45) is 5.73 Å². The van der Waals surface area contributed by atoms with Gasteiger partial charge in [0, 0.05) is 17.9 Å². The van der Waals surface area contributed by atoms with Gasteiger partial charge in [0.15, 0.2) is 5.82 Å². The maximum Gasteiger partial charge on any atom is 0.226 e. The summed E-state index contributed by atoms with van der Waals surface area (Å²) in [4.78, 5) is 5.44. The Morgan fingerprint density at radius 2 is 2.06 bits per heavy atom. The second-order valence-electron chi connectivity index (χ2n) is 3.59. The van der Waals surface area contributed by atoms with Gasteiger partial charge in [-0.05, 0) is 17.7 Å². The van der Waals surface area contributed by atoms with Crippen LogP contribution in [0.4, 0.5) is 0 Å². The number of hydrogen-bond donors (Lipinski definition) is 1. The largest absolute Gasteiger partial charge is 0.339 e. The van der Waals surface area contributed by atoms with Gasteiger partial charge in [-0.15, -0.1) is 11.8 Å². The molecule has 1 aromatic heterocycles. The Labute approximate surface area is 105 Å².